The fourth-order valence-electron chi connectivity index (χ4n) is 1.35. The van der Waals surface area contributed by atoms with Gasteiger partial charge in [-0.15, -0.1) is 0 Å². The average molecular weight is 176 g/mol. The molecule has 1 atom stereocenters. The highest BCUT2D eigenvalue weighted by Gasteiger charge is 2.16. The van der Waals surface area contributed by atoms with Gasteiger partial charge in [0.1, 0.15) is 0 Å². The summed E-state index contributed by atoms with van der Waals surface area (Å²) < 4.78 is 0. The molecular formula is C8H16O2S. The average Bonchev–Trinajstić information content (AvgIpc) is 2.52. The molecule has 0 bridgehead atoms. The van der Waals surface area contributed by atoms with Crippen LogP contribution in [0.2, 0.25) is 0 Å². The molecule has 66 valence electrons. The number of aliphatic hydroxyl groups excluding tert-OH is 2. The minimum atomic E-state index is -0.513. The van der Waals surface area contributed by atoms with Crippen LogP contribution in [-0.4, -0.2) is 33.9 Å². The minimum absolute atomic E-state index is 0.0975. The van der Waals surface area contributed by atoms with Gasteiger partial charge in [0.15, 0.2) is 0 Å². The Balaban J connectivity index is 2.01. The van der Waals surface area contributed by atoms with Crippen LogP contribution in [0.5, 0.6) is 0 Å². The normalized spacial score (nSPS) is 22.4. The van der Waals surface area contributed by atoms with E-state index < -0.39 is 6.10 Å². The van der Waals surface area contributed by atoms with Crippen LogP contribution in [0, 0.1) is 0 Å². The lowest BCUT2D eigenvalue weighted by Gasteiger charge is -2.10. The standard InChI is InChI=1S/C8H16O2S/c9-5-7(10)6-11-8-3-1-2-4-8/h7-10H,1-6H2. The van der Waals surface area contributed by atoms with E-state index in [0.717, 1.165) is 5.25 Å². The van der Waals surface area contributed by atoms with Crippen LogP contribution in [0.15, 0.2) is 0 Å². The topological polar surface area (TPSA) is 40.5 Å². The fraction of sp³-hybridized carbons (Fsp3) is 1.00. The van der Waals surface area contributed by atoms with Crippen molar-refractivity contribution >= 4 is 11.8 Å². The van der Waals surface area contributed by atoms with Gasteiger partial charge >= 0.3 is 0 Å². The Morgan fingerprint density at radius 1 is 1.36 bits per heavy atom. The Labute approximate surface area is 72.0 Å². The van der Waals surface area contributed by atoms with Crippen LogP contribution in [-0.2, 0) is 0 Å². The van der Waals surface area contributed by atoms with Crippen LogP contribution < -0.4 is 0 Å². The molecule has 0 saturated heterocycles. The summed E-state index contributed by atoms with van der Waals surface area (Å²) in [5.41, 5.74) is 0. The van der Waals surface area contributed by atoms with Gasteiger partial charge in [-0.1, -0.05) is 12.8 Å². The maximum Gasteiger partial charge on any atom is 0.0861 e. The second kappa shape index (κ2) is 5.01. The molecule has 1 unspecified atom stereocenters. The summed E-state index contributed by atoms with van der Waals surface area (Å²) in [4.78, 5) is 0. The highest BCUT2D eigenvalue weighted by atomic mass is 32.2. The Kier molecular flexibility index (Phi) is 4.26. The molecule has 3 heteroatoms. The van der Waals surface area contributed by atoms with E-state index in [2.05, 4.69) is 0 Å². The summed E-state index contributed by atoms with van der Waals surface area (Å²) in [6, 6.07) is 0. The minimum Gasteiger partial charge on any atom is -0.394 e. The van der Waals surface area contributed by atoms with Gasteiger partial charge in [0, 0.05) is 11.0 Å². The van der Waals surface area contributed by atoms with Crippen molar-refractivity contribution < 1.29 is 10.2 Å². The second-order valence-electron chi connectivity index (χ2n) is 3.08. The Morgan fingerprint density at radius 2 is 2.00 bits per heavy atom. The van der Waals surface area contributed by atoms with Gasteiger partial charge in [-0.05, 0) is 12.8 Å². The third-order valence-corrected chi connectivity index (χ3v) is 3.56. The number of hydrogen-bond acceptors (Lipinski definition) is 3. The molecular weight excluding hydrogens is 160 g/mol. The lowest BCUT2D eigenvalue weighted by atomic mass is 10.4. The maximum atomic E-state index is 9.05. The van der Waals surface area contributed by atoms with Crippen LogP contribution >= 0.6 is 11.8 Å². The van der Waals surface area contributed by atoms with Gasteiger partial charge < -0.3 is 10.2 Å². The molecule has 0 aliphatic heterocycles. The number of hydrogen-bond donors (Lipinski definition) is 2. The molecule has 11 heavy (non-hydrogen) atoms. The van der Waals surface area contributed by atoms with E-state index in [1.165, 1.54) is 25.7 Å². The summed E-state index contributed by atoms with van der Waals surface area (Å²) in [5.74, 6) is 0.696. The molecule has 0 amide bonds. The molecule has 0 spiro atoms. The molecule has 0 aromatic rings. The van der Waals surface area contributed by atoms with Crippen LogP contribution in [0.4, 0.5) is 0 Å². The van der Waals surface area contributed by atoms with Crippen molar-refractivity contribution in [3.8, 4) is 0 Å². The third kappa shape index (κ3) is 3.45. The quantitative estimate of drug-likeness (QED) is 0.672. The van der Waals surface area contributed by atoms with Crippen LogP contribution in [0.3, 0.4) is 0 Å². The van der Waals surface area contributed by atoms with Gasteiger partial charge in [-0.3, -0.25) is 0 Å². The number of rotatable bonds is 4. The predicted molar refractivity (Wildman–Crippen MR) is 47.8 cm³/mol. The van der Waals surface area contributed by atoms with Crippen LogP contribution in [0.25, 0.3) is 0 Å². The first-order chi connectivity index (χ1) is 5.33. The van der Waals surface area contributed by atoms with Crippen molar-refractivity contribution in [1.82, 2.24) is 0 Å². The highest BCUT2D eigenvalue weighted by Crippen LogP contribution is 2.29. The van der Waals surface area contributed by atoms with Crippen LogP contribution in [0.1, 0.15) is 25.7 Å². The van der Waals surface area contributed by atoms with Crippen molar-refractivity contribution in [3.63, 3.8) is 0 Å². The lowest BCUT2D eigenvalue weighted by Crippen LogP contribution is -2.16. The predicted octanol–water partition coefficient (Wildman–Crippen LogP) is 1.02. The fourth-order valence-corrected chi connectivity index (χ4v) is 2.62. The van der Waals surface area contributed by atoms with E-state index in [0.29, 0.717) is 5.75 Å². The molecule has 0 radical (unpaired) electrons. The third-order valence-electron chi connectivity index (χ3n) is 2.04. The zero-order valence-corrected chi connectivity index (χ0v) is 7.52. The molecule has 2 nitrogen and oxygen atoms in total. The summed E-state index contributed by atoms with van der Waals surface area (Å²) >= 11 is 1.81. The molecule has 0 aromatic carbocycles. The largest absolute Gasteiger partial charge is 0.394 e. The smallest absolute Gasteiger partial charge is 0.0861 e. The van der Waals surface area contributed by atoms with E-state index in [1.54, 1.807) is 11.8 Å². The number of aliphatic hydroxyl groups is 2. The van der Waals surface area contributed by atoms with Gasteiger partial charge in [-0.25, -0.2) is 0 Å². The zero-order valence-electron chi connectivity index (χ0n) is 6.70. The second-order valence-corrected chi connectivity index (χ2v) is 4.41. The van der Waals surface area contributed by atoms with Crippen molar-refractivity contribution in [3.05, 3.63) is 0 Å². The van der Waals surface area contributed by atoms with Gasteiger partial charge in [0.05, 0.1) is 12.7 Å². The first-order valence-corrected chi connectivity index (χ1v) is 5.28. The number of thioether (sulfide) groups is 1. The molecule has 1 aliphatic rings. The first kappa shape index (κ1) is 9.36. The van der Waals surface area contributed by atoms with Crippen molar-refractivity contribution in [2.75, 3.05) is 12.4 Å². The highest BCUT2D eigenvalue weighted by molar-refractivity contribution is 7.99. The molecule has 2 N–H and O–H groups in total. The van der Waals surface area contributed by atoms with Gasteiger partial charge in [-0.2, -0.15) is 11.8 Å². The van der Waals surface area contributed by atoms with Gasteiger partial charge in [0.2, 0.25) is 0 Å². The zero-order chi connectivity index (χ0) is 8.10. The Bertz CT molecular complexity index is 102. The SMILES string of the molecule is OCC(O)CSC1CCCC1. The van der Waals surface area contributed by atoms with E-state index in [9.17, 15) is 0 Å². The summed E-state index contributed by atoms with van der Waals surface area (Å²) in [6.07, 6.45) is 4.76. The molecule has 1 aliphatic carbocycles. The van der Waals surface area contributed by atoms with Crippen molar-refractivity contribution in [2.24, 2.45) is 0 Å². The van der Waals surface area contributed by atoms with E-state index in [4.69, 9.17) is 10.2 Å². The monoisotopic (exact) mass is 176 g/mol. The van der Waals surface area contributed by atoms with E-state index in [-0.39, 0.29) is 6.61 Å². The molecule has 1 saturated carbocycles. The van der Waals surface area contributed by atoms with E-state index >= 15 is 0 Å². The van der Waals surface area contributed by atoms with E-state index in [1.807, 2.05) is 0 Å². The molecule has 1 fully saturated rings. The molecule has 0 heterocycles. The summed E-state index contributed by atoms with van der Waals surface area (Å²) in [6.45, 7) is -0.0975. The molecule has 1 rings (SSSR count). The lowest BCUT2D eigenvalue weighted by molar-refractivity contribution is 0.113. The Hall–Kier alpha value is 0.270. The Morgan fingerprint density at radius 3 is 2.55 bits per heavy atom. The van der Waals surface area contributed by atoms with Gasteiger partial charge in [0.25, 0.3) is 0 Å². The summed E-state index contributed by atoms with van der Waals surface area (Å²) in [7, 11) is 0. The van der Waals surface area contributed by atoms with Crippen molar-refractivity contribution in [2.45, 2.75) is 37.0 Å². The maximum absolute atomic E-state index is 9.05. The molecule has 0 aromatic heterocycles. The summed E-state index contributed by atoms with van der Waals surface area (Å²) in [5, 5.41) is 18.3. The first-order valence-electron chi connectivity index (χ1n) is 4.23. The van der Waals surface area contributed by atoms with Crippen molar-refractivity contribution in [1.29, 1.82) is 0 Å².